The minimum Gasteiger partial charge on any atom is -0.394 e. The largest absolute Gasteiger partial charge is 0.394 e. The fourth-order valence-corrected chi connectivity index (χ4v) is 6.27. The van der Waals surface area contributed by atoms with Crippen molar-refractivity contribution in [3.8, 4) is 0 Å². The van der Waals surface area contributed by atoms with E-state index in [1.807, 2.05) is 6.08 Å². The Kier molecular flexibility index (Phi) is 39.4. The molecule has 49 heavy (non-hydrogen) atoms. The van der Waals surface area contributed by atoms with Crippen molar-refractivity contribution in [2.24, 2.45) is 0 Å². The van der Waals surface area contributed by atoms with Crippen molar-refractivity contribution in [3.63, 3.8) is 0 Å². The zero-order valence-corrected chi connectivity index (χ0v) is 32.7. The molecule has 0 heterocycles. The van der Waals surface area contributed by atoms with Crippen LogP contribution in [0.5, 0.6) is 0 Å². The molecular weight excluding hydrogens is 602 g/mol. The molecular formula is C45H83NO3. The van der Waals surface area contributed by atoms with E-state index in [1.165, 1.54) is 148 Å². The normalized spacial score (nSPS) is 13.5. The van der Waals surface area contributed by atoms with Gasteiger partial charge in [-0.1, -0.05) is 191 Å². The molecule has 0 fully saturated rings. The van der Waals surface area contributed by atoms with Crippen molar-refractivity contribution in [1.29, 1.82) is 0 Å². The highest BCUT2D eigenvalue weighted by molar-refractivity contribution is 5.76. The van der Waals surface area contributed by atoms with Gasteiger partial charge in [-0.3, -0.25) is 4.79 Å². The molecule has 0 bridgehead atoms. The van der Waals surface area contributed by atoms with Gasteiger partial charge in [-0.15, -0.1) is 0 Å². The van der Waals surface area contributed by atoms with Crippen LogP contribution in [0.25, 0.3) is 0 Å². The molecule has 0 aromatic heterocycles. The molecule has 1 amide bonds. The number of hydrogen-bond acceptors (Lipinski definition) is 3. The standard InChI is InChI=1S/C45H83NO3/c1-3-5-7-9-11-13-15-16-17-18-19-20-21-22-23-24-25-26-27-28-29-30-31-33-35-37-39-41-45(49)46-43(42-47)44(48)40-38-36-34-32-14-12-10-8-6-4-2/h6,8,14,22-23,32,38,40,43-44,47-48H,3-5,7,9-13,15-21,24-31,33-37,39,41-42H2,1-2H3,(H,46,49)/b8-6+,23-22-,32-14+,40-38+. The maximum atomic E-state index is 12.3. The Hall–Kier alpha value is -1.65. The molecule has 286 valence electrons. The fraction of sp³-hybridized carbons (Fsp3) is 0.800. The van der Waals surface area contributed by atoms with Gasteiger partial charge in [0.1, 0.15) is 0 Å². The Labute approximate surface area is 305 Å². The van der Waals surface area contributed by atoms with Gasteiger partial charge in [0.15, 0.2) is 0 Å². The Morgan fingerprint density at radius 1 is 0.490 bits per heavy atom. The van der Waals surface area contributed by atoms with Crippen LogP contribution in [-0.4, -0.2) is 34.9 Å². The van der Waals surface area contributed by atoms with E-state index in [4.69, 9.17) is 0 Å². The molecule has 0 aliphatic carbocycles. The number of carbonyl (C=O) groups is 1. The Morgan fingerprint density at radius 2 is 0.857 bits per heavy atom. The Balaban J connectivity index is 3.50. The lowest BCUT2D eigenvalue weighted by Crippen LogP contribution is -2.45. The fourth-order valence-electron chi connectivity index (χ4n) is 6.27. The molecule has 4 nitrogen and oxygen atoms in total. The zero-order chi connectivity index (χ0) is 35.7. The number of nitrogens with one attached hydrogen (secondary N) is 1. The topological polar surface area (TPSA) is 69.6 Å². The van der Waals surface area contributed by atoms with E-state index in [-0.39, 0.29) is 12.5 Å². The molecule has 2 unspecified atom stereocenters. The van der Waals surface area contributed by atoms with E-state index in [0.717, 1.165) is 44.9 Å². The number of rotatable bonds is 38. The Bertz CT molecular complexity index is 786. The molecule has 4 heteroatoms. The van der Waals surface area contributed by atoms with Crippen molar-refractivity contribution < 1.29 is 15.0 Å². The number of allylic oxidation sites excluding steroid dienone is 7. The summed E-state index contributed by atoms with van der Waals surface area (Å²) in [6, 6.07) is -0.643. The van der Waals surface area contributed by atoms with Crippen LogP contribution in [-0.2, 0) is 4.79 Å². The van der Waals surface area contributed by atoms with Gasteiger partial charge in [-0.25, -0.2) is 0 Å². The second kappa shape index (κ2) is 40.8. The molecule has 0 saturated heterocycles. The molecule has 0 aliphatic heterocycles. The highest BCUT2D eigenvalue weighted by atomic mass is 16.3. The van der Waals surface area contributed by atoms with E-state index in [1.54, 1.807) is 6.08 Å². The summed E-state index contributed by atoms with van der Waals surface area (Å²) in [4.78, 5) is 12.3. The van der Waals surface area contributed by atoms with Crippen molar-refractivity contribution in [2.75, 3.05) is 6.61 Å². The molecule has 0 radical (unpaired) electrons. The van der Waals surface area contributed by atoms with E-state index in [0.29, 0.717) is 6.42 Å². The van der Waals surface area contributed by atoms with Crippen LogP contribution in [0.1, 0.15) is 213 Å². The lowest BCUT2D eigenvalue weighted by molar-refractivity contribution is -0.123. The van der Waals surface area contributed by atoms with Crippen LogP contribution in [0.4, 0.5) is 0 Å². The van der Waals surface area contributed by atoms with E-state index in [9.17, 15) is 15.0 Å². The number of hydrogen-bond donors (Lipinski definition) is 3. The summed E-state index contributed by atoms with van der Waals surface area (Å²) in [5.74, 6) is -0.0818. The SMILES string of the molecule is CC/C=C/CC/C=C/CC/C=C/C(O)C(CO)NC(=O)CCCCCCCCCCCCC/C=C\CCCCCCCCCCCCCC. The summed E-state index contributed by atoms with van der Waals surface area (Å²) in [6.45, 7) is 4.17. The highest BCUT2D eigenvalue weighted by Gasteiger charge is 2.17. The van der Waals surface area contributed by atoms with E-state index in [2.05, 4.69) is 55.6 Å². The summed E-state index contributed by atoms with van der Waals surface area (Å²) >= 11 is 0. The summed E-state index contributed by atoms with van der Waals surface area (Å²) in [5, 5.41) is 22.8. The van der Waals surface area contributed by atoms with Crippen molar-refractivity contribution in [1.82, 2.24) is 5.32 Å². The summed E-state index contributed by atoms with van der Waals surface area (Å²) in [6.07, 6.45) is 55.2. The third kappa shape index (κ3) is 37.4. The van der Waals surface area contributed by atoms with Crippen LogP contribution in [0, 0.1) is 0 Å². The first-order valence-corrected chi connectivity index (χ1v) is 21.4. The Morgan fingerprint density at radius 3 is 1.29 bits per heavy atom. The van der Waals surface area contributed by atoms with Crippen LogP contribution in [0.3, 0.4) is 0 Å². The third-order valence-electron chi connectivity index (χ3n) is 9.52. The monoisotopic (exact) mass is 686 g/mol. The quantitative estimate of drug-likeness (QED) is 0.0447. The molecule has 0 spiro atoms. The lowest BCUT2D eigenvalue weighted by Gasteiger charge is -2.19. The molecule has 0 saturated carbocycles. The van der Waals surface area contributed by atoms with Crippen molar-refractivity contribution in [2.45, 2.75) is 225 Å². The van der Waals surface area contributed by atoms with Gasteiger partial charge in [0.05, 0.1) is 18.8 Å². The van der Waals surface area contributed by atoms with Gasteiger partial charge < -0.3 is 15.5 Å². The maximum Gasteiger partial charge on any atom is 0.220 e. The van der Waals surface area contributed by atoms with E-state index >= 15 is 0 Å². The van der Waals surface area contributed by atoms with Crippen molar-refractivity contribution in [3.05, 3.63) is 48.6 Å². The van der Waals surface area contributed by atoms with Crippen LogP contribution in [0.15, 0.2) is 48.6 Å². The molecule has 0 aliphatic rings. The predicted octanol–water partition coefficient (Wildman–Crippen LogP) is 13.2. The molecule has 3 N–H and O–H groups in total. The highest BCUT2D eigenvalue weighted by Crippen LogP contribution is 2.15. The minimum atomic E-state index is -0.868. The van der Waals surface area contributed by atoms with Gasteiger partial charge in [-0.05, 0) is 64.2 Å². The lowest BCUT2D eigenvalue weighted by atomic mass is 10.0. The summed E-state index contributed by atoms with van der Waals surface area (Å²) < 4.78 is 0. The molecule has 0 aromatic carbocycles. The summed E-state index contributed by atoms with van der Waals surface area (Å²) in [7, 11) is 0. The smallest absolute Gasteiger partial charge is 0.220 e. The number of aliphatic hydroxyl groups is 2. The second-order valence-corrected chi connectivity index (χ2v) is 14.4. The number of aliphatic hydroxyl groups excluding tert-OH is 2. The predicted molar refractivity (Wildman–Crippen MR) is 216 cm³/mol. The van der Waals surface area contributed by atoms with Gasteiger partial charge in [0, 0.05) is 6.42 Å². The molecule has 2 atom stereocenters. The van der Waals surface area contributed by atoms with Gasteiger partial charge in [0.25, 0.3) is 0 Å². The number of unbranched alkanes of at least 4 members (excludes halogenated alkanes) is 25. The zero-order valence-electron chi connectivity index (χ0n) is 32.7. The first kappa shape index (κ1) is 47.4. The van der Waals surface area contributed by atoms with Crippen LogP contribution in [0.2, 0.25) is 0 Å². The maximum absolute atomic E-state index is 12.3. The van der Waals surface area contributed by atoms with Gasteiger partial charge in [0.2, 0.25) is 5.91 Å². The number of carbonyl (C=O) groups excluding carboxylic acids is 1. The van der Waals surface area contributed by atoms with Crippen molar-refractivity contribution >= 4 is 5.91 Å². The van der Waals surface area contributed by atoms with Crippen LogP contribution >= 0.6 is 0 Å². The minimum absolute atomic E-state index is 0.0818. The first-order chi connectivity index (χ1) is 24.2. The second-order valence-electron chi connectivity index (χ2n) is 14.4. The molecule has 0 rings (SSSR count). The number of amides is 1. The summed E-state index contributed by atoms with van der Waals surface area (Å²) in [5.41, 5.74) is 0. The average Bonchev–Trinajstić information content (AvgIpc) is 3.10. The molecule has 0 aromatic rings. The third-order valence-corrected chi connectivity index (χ3v) is 9.52. The average molecular weight is 686 g/mol. The van der Waals surface area contributed by atoms with Gasteiger partial charge >= 0.3 is 0 Å². The van der Waals surface area contributed by atoms with Gasteiger partial charge in [-0.2, -0.15) is 0 Å². The van der Waals surface area contributed by atoms with E-state index < -0.39 is 12.1 Å². The first-order valence-electron chi connectivity index (χ1n) is 21.4. The van der Waals surface area contributed by atoms with Crippen LogP contribution < -0.4 is 5.32 Å².